The highest BCUT2D eigenvalue weighted by Crippen LogP contribution is 2.30. The smallest absolute Gasteiger partial charge is 0.416 e. The van der Waals surface area contributed by atoms with Crippen LogP contribution in [0.5, 0.6) is 11.5 Å². The number of hydrogen-bond donors (Lipinski definition) is 0. The summed E-state index contributed by atoms with van der Waals surface area (Å²) in [6.07, 6.45) is -4.55. The van der Waals surface area contributed by atoms with Crippen molar-refractivity contribution in [2.24, 2.45) is 0 Å². The van der Waals surface area contributed by atoms with Crippen molar-refractivity contribution < 1.29 is 35.9 Å². The maximum Gasteiger partial charge on any atom is 0.416 e. The summed E-state index contributed by atoms with van der Waals surface area (Å²) in [6, 6.07) is 8.17. The normalized spacial score (nSPS) is 15.6. The molecule has 1 aliphatic heterocycles. The lowest BCUT2D eigenvalue weighted by Crippen LogP contribution is -2.50. The van der Waals surface area contributed by atoms with E-state index in [9.17, 15) is 26.4 Å². The first kappa shape index (κ1) is 22.9. The van der Waals surface area contributed by atoms with Gasteiger partial charge in [-0.1, -0.05) is 0 Å². The van der Waals surface area contributed by atoms with Crippen LogP contribution < -0.4 is 9.47 Å². The molecule has 3 rings (SSSR count). The number of alkyl halides is 3. The second kappa shape index (κ2) is 8.75. The second-order valence-corrected chi connectivity index (χ2v) is 8.72. The Morgan fingerprint density at radius 1 is 0.935 bits per heavy atom. The molecule has 0 spiro atoms. The largest absolute Gasteiger partial charge is 0.497 e. The summed E-state index contributed by atoms with van der Waals surface area (Å²) in [6.45, 7) is 0.279. The van der Waals surface area contributed by atoms with Crippen LogP contribution in [0.25, 0.3) is 0 Å². The number of hydrogen-bond acceptors (Lipinski definition) is 5. The molecule has 0 radical (unpaired) electrons. The lowest BCUT2D eigenvalue weighted by atomic mass is 10.1. The minimum atomic E-state index is -4.55. The van der Waals surface area contributed by atoms with Gasteiger partial charge in [-0.05, 0) is 42.5 Å². The molecule has 0 aromatic heterocycles. The minimum absolute atomic E-state index is 0.0153. The van der Waals surface area contributed by atoms with Gasteiger partial charge in [-0.2, -0.15) is 17.5 Å². The molecule has 1 saturated heterocycles. The molecule has 168 valence electrons. The number of halogens is 3. The van der Waals surface area contributed by atoms with E-state index >= 15 is 0 Å². The number of rotatable bonds is 5. The lowest BCUT2D eigenvalue weighted by molar-refractivity contribution is -0.137. The number of sulfonamides is 1. The van der Waals surface area contributed by atoms with Crippen molar-refractivity contribution in [2.45, 2.75) is 11.1 Å². The van der Waals surface area contributed by atoms with Crippen LogP contribution in [-0.2, 0) is 16.2 Å². The highest BCUT2D eigenvalue weighted by molar-refractivity contribution is 7.89. The average Bonchev–Trinajstić information content (AvgIpc) is 2.77. The molecule has 0 bridgehead atoms. The van der Waals surface area contributed by atoms with Crippen molar-refractivity contribution in [1.29, 1.82) is 0 Å². The fourth-order valence-electron chi connectivity index (χ4n) is 3.25. The van der Waals surface area contributed by atoms with E-state index in [4.69, 9.17) is 9.47 Å². The van der Waals surface area contributed by atoms with Crippen molar-refractivity contribution in [3.8, 4) is 11.5 Å². The Bertz CT molecular complexity index is 1050. The highest BCUT2D eigenvalue weighted by Gasteiger charge is 2.33. The molecule has 1 heterocycles. The van der Waals surface area contributed by atoms with Gasteiger partial charge in [0.25, 0.3) is 5.91 Å². The molecule has 1 amide bonds. The Labute approximate surface area is 178 Å². The summed E-state index contributed by atoms with van der Waals surface area (Å²) in [5.41, 5.74) is -0.630. The van der Waals surface area contributed by atoms with Gasteiger partial charge in [0.05, 0.1) is 30.2 Å². The van der Waals surface area contributed by atoms with E-state index in [-0.39, 0.29) is 37.0 Å². The van der Waals surface area contributed by atoms with Crippen LogP contribution >= 0.6 is 0 Å². The van der Waals surface area contributed by atoms with Gasteiger partial charge in [0.2, 0.25) is 10.0 Å². The molecule has 0 saturated carbocycles. The van der Waals surface area contributed by atoms with E-state index in [1.807, 2.05) is 0 Å². The van der Waals surface area contributed by atoms with Crippen LogP contribution in [-0.4, -0.2) is 63.9 Å². The van der Waals surface area contributed by atoms with Crippen LogP contribution in [0, 0.1) is 0 Å². The fourth-order valence-corrected chi connectivity index (χ4v) is 4.67. The Kier molecular flexibility index (Phi) is 6.46. The molecule has 1 aliphatic rings. The highest BCUT2D eigenvalue weighted by atomic mass is 32.2. The number of nitrogens with zero attached hydrogens (tertiary/aromatic N) is 2. The fraction of sp³-hybridized carbons (Fsp3) is 0.350. The van der Waals surface area contributed by atoms with Gasteiger partial charge in [0.15, 0.2) is 0 Å². The van der Waals surface area contributed by atoms with Gasteiger partial charge in [0, 0.05) is 26.2 Å². The molecule has 2 aromatic rings. The number of amides is 1. The minimum Gasteiger partial charge on any atom is -0.497 e. The summed E-state index contributed by atoms with van der Waals surface area (Å²) in [7, 11) is -1.07. The molecule has 0 unspecified atom stereocenters. The third kappa shape index (κ3) is 4.77. The molecule has 7 nitrogen and oxygen atoms in total. The van der Waals surface area contributed by atoms with E-state index < -0.39 is 21.8 Å². The monoisotopic (exact) mass is 458 g/mol. The van der Waals surface area contributed by atoms with Crippen molar-refractivity contribution in [3.05, 3.63) is 53.6 Å². The molecule has 11 heteroatoms. The van der Waals surface area contributed by atoms with E-state index in [0.29, 0.717) is 17.1 Å². The van der Waals surface area contributed by atoms with Crippen LogP contribution in [0.4, 0.5) is 13.2 Å². The summed E-state index contributed by atoms with van der Waals surface area (Å²) in [5.74, 6) is 0.514. The standard InChI is InChI=1S/C20H21F3N2O5S/c1-29-15-5-8-18(30-2)17(13-15)19(26)24-9-11-25(12-10-24)31(27,28)16-6-3-14(4-7-16)20(21,22)23/h3-8,13H,9-12H2,1-2H3. The number of ether oxygens (including phenoxy) is 2. The Hall–Kier alpha value is -2.79. The predicted octanol–water partition coefficient (Wildman–Crippen LogP) is 2.87. The molecular weight excluding hydrogens is 437 g/mol. The zero-order valence-electron chi connectivity index (χ0n) is 16.8. The van der Waals surface area contributed by atoms with Crippen LogP contribution in [0.15, 0.2) is 47.4 Å². The van der Waals surface area contributed by atoms with Gasteiger partial charge in [-0.15, -0.1) is 0 Å². The van der Waals surface area contributed by atoms with Crippen molar-refractivity contribution >= 4 is 15.9 Å². The van der Waals surface area contributed by atoms with Crippen LogP contribution in [0.3, 0.4) is 0 Å². The summed E-state index contributed by atoms with van der Waals surface area (Å²) in [5, 5.41) is 0. The van der Waals surface area contributed by atoms with E-state index in [1.54, 1.807) is 18.2 Å². The Morgan fingerprint density at radius 3 is 2.06 bits per heavy atom. The van der Waals surface area contributed by atoms with Gasteiger partial charge >= 0.3 is 6.18 Å². The molecule has 2 aromatic carbocycles. The molecule has 0 atom stereocenters. The predicted molar refractivity (Wildman–Crippen MR) is 106 cm³/mol. The summed E-state index contributed by atoms with van der Waals surface area (Å²) < 4.78 is 75.3. The van der Waals surface area contributed by atoms with Crippen molar-refractivity contribution in [3.63, 3.8) is 0 Å². The third-order valence-corrected chi connectivity index (χ3v) is 6.90. The first-order valence-electron chi connectivity index (χ1n) is 9.26. The maximum absolute atomic E-state index is 12.9. The number of methoxy groups -OCH3 is 2. The van der Waals surface area contributed by atoms with Gasteiger partial charge < -0.3 is 14.4 Å². The molecule has 0 N–H and O–H groups in total. The Balaban J connectivity index is 1.72. The zero-order valence-corrected chi connectivity index (χ0v) is 17.7. The third-order valence-electron chi connectivity index (χ3n) is 4.98. The van der Waals surface area contributed by atoms with E-state index in [1.165, 1.54) is 19.1 Å². The van der Waals surface area contributed by atoms with Crippen molar-refractivity contribution in [1.82, 2.24) is 9.21 Å². The topological polar surface area (TPSA) is 76.2 Å². The molecule has 31 heavy (non-hydrogen) atoms. The molecular formula is C20H21F3N2O5S. The second-order valence-electron chi connectivity index (χ2n) is 6.78. The van der Waals surface area contributed by atoms with Gasteiger partial charge in [-0.25, -0.2) is 8.42 Å². The summed E-state index contributed by atoms with van der Waals surface area (Å²) in [4.78, 5) is 14.2. The summed E-state index contributed by atoms with van der Waals surface area (Å²) >= 11 is 0. The number of carbonyl (C=O) groups is 1. The van der Waals surface area contributed by atoms with Crippen LogP contribution in [0.2, 0.25) is 0 Å². The average molecular weight is 458 g/mol. The number of carbonyl (C=O) groups excluding carboxylic acids is 1. The van der Waals surface area contributed by atoms with E-state index in [0.717, 1.165) is 28.6 Å². The quantitative estimate of drug-likeness (QED) is 0.689. The lowest BCUT2D eigenvalue weighted by Gasteiger charge is -2.34. The SMILES string of the molecule is COc1ccc(OC)c(C(=O)N2CCN(S(=O)(=O)c3ccc(C(F)(F)F)cc3)CC2)c1. The first-order chi connectivity index (χ1) is 14.6. The maximum atomic E-state index is 12.9. The van der Waals surface area contributed by atoms with Crippen molar-refractivity contribution in [2.75, 3.05) is 40.4 Å². The Morgan fingerprint density at radius 2 is 1.55 bits per heavy atom. The number of benzene rings is 2. The van der Waals surface area contributed by atoms with Gasteiger partial charge in [-0.3, -0.25) is 4.79 Å². The molecule has 0 aliphatic carbocycles. The van der Waals surface area contributed by atoms with E-state index in [2.05, 4.69) is 0 Å². The zero-order chi connectivity index (χ0) is 22.8. The van der Waals surface area contributed by atoms with Crippen LogP contribution in [0.1, 0.15) is 15.9 Å². The number of piperazine rings is 1. The van der Waals surface area contributed by atoms with Gasteiger partial charge in [0.1, 0.15) is 11.5 Å². The molecule has 1 fully saturated rings. The first-order valence-corrected chi connectivity index (χ1v) is 10.7.